The molecule has 0 unspecified atom stereocenters. The van der Waals surface area contributed by atoms with Gasteiger partial charge >= 0.3 is 5.97 Å². The maximum Gasteiger partial charge on any atom is 0.339 e. The second-order valence-corrected chi connectivity index (χ2v) is 4.16. The third-order valence-corrected chi connectivity index (χ3v) is 2.59. The van der Waals surface area contributed by atoms with Crippen molar-refractivity contribution >= 4 is 21.9 Å². The molecule has 0 amide bonds. The van der Waals surface area contributed by atoms with E-state index in [0.29, 0.717) is 0 Å². The fourth-order valence-corrected chi connectivity index (χ4v) is 1.42. The Bertz CT molecular complexity index is 471. The lowest BCUT2D eigenvalue weighted by Gasteiger charge is -2.08. The van der Waals surface area contributed by atoms with Crippen LogP contribution in [0.25, 0.3) is 0 Å². The predicted octanol–water partition coefficient (Wildman–Crippen LogP) is -0.344. The Morgan fingerprint density at radius 2 is 2.20 bits per heavy atom. The SMILES string of the molecule is CNS(=O)(=O)Nc1ccncc1C(=O)O. The van der Waals surface area contributed by atoms with Crippen molar-refractivity contribution in [2.45, 2.75) is 0 Å². The van der Waals surface area contributed by atoms with Crippen molar-refractivity contribution in [1.82, 2.24) is 9.71 Å². The molecule has 1 aromatic rings. The summed E-state index contributed by atoms with van der Waals surface area (Å²) in [6, 6.07) is 1.26. The number of anilines is 1. The van der Waals surface area contributed by atoms with Crippen molar-refractivity contribution < 1.29 is 18.3 Å². The number of aromatic nitrogens is 1. The summed E-state index contributed by atoms with van der Waals surface area (Å²) in [7, 11) is -2.51. The lowest BCUT2D eigenvalue weighted by Crippen LogP contribution is -2.27. The van der Waals surface area contributed by atoms with Gasteiger partial charge in [0.25, 0.3) is 10.2 Å². The lowest BCUT2D eigenvalue weighted by atomic mass is 10.2. The lowest BCUT2D eigenvalue weighted by molar-refractivity contribution is 0.0697. The summed E-state index contributed by atoms with van der Waals surface area (Å²) in [4.78, 5) is 14.3. The van der Waals surface area contributed by atoms with Crippen LogP contribution in [0.3, 0.4) is 0 Å². The quantitative estimate of drug-likeness (QED) is 0.656. The molecule has 1 rings (SSSR count). The molecule has 0 fully saturated rings. The first-order chi connectivity index (χ1) is 6.96. The van der Waals surface area contributed by atoms with Crippen molar-refractivity contribution in [3.8, 4) is 0 Å². The molecule has 1 heterocycles. The van der Waals surface area contributed by atoms with Gasteiger partial charge in [0, 0.05) is 19.4 Å². The number of hydrogen-bond donors (Lipinski definition) is 3. The average molecular weight is 231 g/mol. The molecule has 0 aliphatic heterocycles. The molecule has 8 heteroatoms. The molecule has 3 N–H and O–H groups in total. The molecule has 0 spiro atoms. The fourth-order valence-electron chi connectivity index (χ4n) is 0.850. The third-order valence-electron chi connectivity index (χ3n) is 1.56. The Hall–Kier alpha value is -1.67. The Morgan fingerprint density at radius 1 is 1.53 bits per heavy atom. The van der Waals surface area contributed by atoms with Gasteiger partial charge in [-0.15, -0.1) is 0 Å². The van der Waals surface area contributed by atoms with Crippen LogP contribution < -0.4 is 9.44 Å². The second kappa shape index (κ2) is 4.24. The van der Waals surface area contributed by atoms with Gasteiger partial charge in [-0.25, -0.2) is 9.52 Å². The number of rotatable bonds is 4. The second-order valence-electron chi connectivity index (χ2n) is 2.54. The van der Waals surface area contributed by atoms with Gasteiger partial charge in [0.2, 0.25) is 0 Å². The zero-order valence-electron chi connectivity index (χ0n) is 7.76. The Morgan fingerprint density at radius 3 is 2.73 bits per heavy atom. The van der Waals surface area contributed by atoms with Gasteiger partial charge in [-0.05, 0) is 6.07 Å². The summed E-state index contributed by atoms with van der Waals surface area (Å²) in [5.41, 5.74) is -0.247. The molecule has 0 radical (unpaired) electrons. The highest BCUT2D eigenvalue weighted by Gasteiger charge is 2.14. The topological polar surface area (TPSA) is 108 Å². The first kappa shape index (κ1) is 11.4. The van der Waals surface area contributed by atoms with Crippen LogP contribution in [-0.4, -0.2) is 31.5 Å². The van der Waals surface area contributed by atoms with Crippen molar-refractivity contribution in [1.29, 1.82) is 0 Å². The molecular weight excluding hydrogens is 222 g/mol. The van der Waals surface area contributed by atoms with E-state index < -0.39 is 16.2 Å². The first-order valence-electron chi connectivity index (χ1n) is 3.85. The van der Waals surface area contributed by atoms with E-state index in [1.54, 1.807) is 0 Å². The van der Waals surface area contributed by atoms with Crippen molar-refractivity contribution in [2.75, 3.05) is 11.8 Å². The number of aromatic carboxylic acids is 1. The number of carboxylic acid groups (broad SMARTS) is 1. The molecule has 0 saturated heterocycles. The van der Waals surface area contributed by atoms with Crippen LogP contribution in [0.4, 0.5) is 5.69 Å². The van der Waals surface area contributed by atoms with Crippen LogP contribution in [0.15, 0.2) is 18.5 Å². The Labute approximate surface area is 86.3 Å². The van der Waals surface area contributed by atoms with E-state index in [4.69, 9.17) is 5.11 Å². The van der Waals surface area contributed by atoms with Gasteiger partial charge in [-0.1, -0.05) is 0 Å². The minimum Gasteiger partial charge on any atom is -0.478 e. The first-order valence-corrected chi connectivity index (χ1v) is 5.33. The van der Waals surface area contributed by atoms with Crippen molar-refractivity contribution in [3.05, 3.63) is 24.0 Å². The number of nitrogens with zero attached hydrogens (tertiary/aromatic N) is 1. The van der Waals surface area contributed by atoms with Gasteiger partial charge < -0.3 is 5.11 Å². The van der Waals surface area contributed by atoms with E-state index in [1.165, 1.54) is 19.3 Å². The average Bonchev–Trinajstić information content (AvgIpc) is 2.18. The molecule has 0 aliphatic rings. The fraction of sp³-hybridized carbons (Fsp3) is 0.143. The van der Waals surface area contributed by atoms with Gasteiger partial charge in [0.1, 0.15) is 5.56 Å². The van der Waals surface area contributed by atoms with Crippen LogP contribution >= 0.6 is 0 Å². The Balaban J connectivity index is 3.10. The zero-order chi connectivity index (χ0) is 11.5. The van der Waals surface area contributed by atoms with Gasteiger partial charge in [0.15, 0.2) is 0 Å². The summed E-state index contributed by atoms with van der Waals surface area (Å²) < 4.78 is 26.3. The predicted molar refractivity (Wildman–Crippen MR) is 52.8 cm³/mol. The third kappa shape index (κ3) is 2.89. The highest BCUT2D eigenvalue weighted by atomic mass is 32.2. The molecule has 1 aromatic heterocycles. The van der Waals surface area contributed by atoms with Crippen LogP contribution in [0.2, 0.25) is 0 Å². The maximum absolute atomic E-state index is 11.1. The minimum absolute atomic E-state index is 0.0353. The van der Waals surface area contributed by atoms with Crippen molar-refractivity contribution in [3.63, 3.8) is 0 Å². The normalized spacial score (nSPS) is 11.0. The van der Waals surface area contributed by atoms with Crippen LogP contribution in [-0.2, 0) is 10.2 Å². The molecule has 0 atom stereocenters. The molecule has 0 aliphatic carbocycles. The molecular formula is C7H9N3O4S. The largest absolute Gasteiger partial charge is 0.478 e. The van der Waals surface area contributed by atoms with Crippen LogP contribution in [0.5, 0.6) is 0 Å². The molecule has 15 heavy (non-hydrogen) atoms. The van der Waals surface area contributed by atoms with Gasteiger partial charge in [0.05, 0.1) is 5.69 Å². The highest BCUT2D eigenvalue weighted by Crippen LogP contribution is 2.14. The smallest absolute Gasteiger partial charge is 0.339 e. The summed E-state index contributed by atoms with van der Waals surface area (Å²) in [5.74, 6) is -1.25. The number of nitrogens with one attached hydrogen (secondary N) is 2. The summed E-state index contributed by atoms with van der Waals surface area (Å²) in [5, 5.41) is 8.74. The minimum atomic E-state index is -3.72. The van der Waals surface area contributed by atoms with Gasteiger partial charge in [-0.3, -0.25) is 9.71 Å². The number of pyridine rings is 1. The van der Waals surface area contributed by atoms with E-state index in [1.807, 2.05) is 4.72 Å². The summed E-state index contributed by atoms with van der Waals surface area (Å²) in [6.07, 6.45) is 2.36. The highest BCUT2D eigenvalue weighted by molar-refractivity contribution is 7.90. The monoisotopic (exact) mass is 231 g/mol. The van der Waals surface area contributed by atoms with E-state index in [-0.39, 0.29) is 11.3 Å². The molecule has 7 nitrogen and oxygen atoms in total. The molecule has 0 bridgehead atoms. The maximum atomic E-state index is 11.1. The number of carboxylic acids is 1. The van der Waals surface area contributed by atoms with Crippen LogP contribution in [0.1, 0.15) is 10.4 Å². The number of carbonyl (C=O) groups is 1. The molecule has 82 valence electrons. The van der Waals surface area contributed by atoms with E-state index in [0.717, 1.165) is 6.20 Å². The Kier molecular flexibility index (Phi) is 3.22. The van der Waals surface area contributed by atoms with E-state index in [9.17, 15) is 13.2 Å². The van der Waals surface area contributed by atoms with Gasteiger partial charge in [-0.2, -0.15) is 8.42 Å². The van der Waals surface area contributed by atoms with Crippen LogP contribution in [0, 0.1) is 0 Å². The van der Waals surface area contributed by atoms with E-state index >= 15 is 0 Å². The summed E-state index contributed by atoms with van der Waals surface area (Å²) in [6.45, 7) is 0. The summed E-state index contributed by atoms with van der Waals surface area (Å²) >= 11 is 0. The zero-order valence-corrected chi connectivity index (χ0v) is 8.58. The molecule has 0 aromatic carbocycles. The molecule has 0 saturated carbocycles. The number of hydrogen-bond acceptors (Lipinski definition) is 4. The van der Waals surface area contributed by atoms with E-state index in [2.05, 4.69) is 9.71 Å². The van der Waals surface area contributed by atoms with Crippen molar-refractivity contribution in [2.24, 2.45) is 0 Å². The standard InChI is InChI=1S/C7H9N3O4S/c1-8-15(13,14)10-6-2-3-9-4-5(6)7(11)12/h2-4,8H,1H3,(H,9,10)(H,11,12).